The van der Waals surface area contributed by atoms with Gasteiger partial charge < -0.3 is 16.6 Å². The minimum atomic E-state index is -1.20. The Labute approximate surface area is 105 Å². The molecule has 0 aliphatic heterocycles. The van der Waals surface area contributed by atoms with E-state index in [4.69, 9.17) is 16.6 Å². The Kier molecular flexibility index (Phi) is 2.76. The summed E-state index contributed by atoms with van der Waals surface area (Å²) in [6.07, 6.45) is 0. The molecule has 17 heavy (non-hydrogen) atoms. The number of nitrogens with zero attached hydrogens (tertiary/aromatic N) is 2. The summed E-state index contributed by atoms with van der Waals surface area (Å²) in [5.74, 6) is -1.30. The second-order valence-electron chi connectivity index (χ2n) is 3.31. The lowest BCUT2D eigenvalue weighted by Gasteiger charge is -2.05. The number of hydrogen-bond acceptors (Lipinski definition) is 4. The van der Waals surface area contributed by atoms with Gasteiger partial charge in [-0.2, -0.15) is 0 Å². The number of carboxylic acids is 1. The Bertz CT molecular complexity index is 594. The van der Waals surface area contributed by atoms with E-state index in [1.165, 1.54) is 4.68 Å². The van der Waals surface area contributed by atoms with Gasteiger partial charge in [0, 0.05) is 4.47 Å². The number of aromatic carboxylic acids is 1. The first-order valence-electron chi connectivity index (χ1n) is 4.64. The van der Waals surface area contributed by atoms with Gasteiger partial charge in [0.25, 0.3) is 0 Å². The molecule has 0 fully saturated rings. The molecule has 0 saturated carbocycles. The summed E-state index contributed by atoms with van der Waals surface area (Å²) in [5, 5.41) is 12.9. The molecule has 2 aromatic rings. The zero-order chi connectivity index (χ0) is 12.6. The maximum atomic E-state index is 10.9. The van der Waals surface area contributed by atoms with Crippen LogP contribution in [0.25, 0.3) is 5.69 Å². The van der Waals surface area contributed by atoms with Gasteiger partial charge in [-0.3, -0.25) is 0 Å². The van der Waals surface area contributed by atoms with E-state index in [0.717, 1.165) is 4.47 Å². The van der Waals surface area contributed by atoms with E-state index in [1.807, 2.05) is 6.07 Å². The van der Waals surface area contributed by atoms with Gasteiger partial charge in [0.15, 0.2) is 5.82 Å². The number of nitrogens with two attached hydrogens (primary N) is 2. The third-order valence-electron chi connectivity index (χ3n) is 2.24. The van der Waals surface area contributed by atoms with Crippen LogP contribution in [0.1, 0.15) is 10.4 Å². The van der Waals surface area contributed by atoms with Gasteiger partial charge in [-0.25, -0.2) is 9.48 Å². The lowest BCUT2D eigenvalue weighted by atomic mass is 10.3. The molecule has 0 aliphatic rings. The van der Waals surface area contributed by atoms with Gasteiger partial charge >= 0.3 is 5.97 Å². The number of carbonyl (C=O) groups is 1. The van der Waals surface area contributed by atoms with Crippen molar-refractivity contribution < 1.29 is 9.90 Å². The molecule has 7 heteroatoms. The van der Waals surface area contributed by atoms with Crippen molar-refractivity contribution in [2.75, 3.05) is 11.5 Å². The summed E-state index contributed by atoms with van der Waals surface area (Å²) < 4.78 is 2.04. The molecule has 2 rings (SSSR count). The molecular weight excluding hydrogens is 288 g/mol. The minimum Gasteiger partial charge on any atom is -0.477 e. The van der Waals surface area contributed by atoms with Crippen molar-refractivity contribution in [1.82, 2.24) is 9.78 Å². The number of carboxylic acid groups (broad SMARTS) is 1. The predicted octanol–water partition coefficient (Wildman–Crippen LogP) is 1.50. The van der Waals surface area contributed by atoms with Crippen molar-refractivity contribution in [1.29, 1.82) is 0 Å². The summed E-state index contributed by atoms with van der Waals surface area (Å²) in [7, 11) is 0. The smallest absolute Gasteiger partial charge is 0.343 e. The van der Waals surface area contributed by atoms with E-state index in [2.05, 4.69) is 21.0 Å². The molecular formula is C10H9BrN4O2. The van der Waals surface area contributed by atoms with Crippen LogP contribution < -0.4 is 11.5 Å². The second-order valence-corrected chi connectivity index (χ2v) is 4.17. The van der Waals surface area contributed by atoms with Gasteiger partial charge in [0.1, 0.15) is 11.4 Å². The third-order valence-corrected chi connectivity index (χ3v) is 2.91. The molecule has 0 radical (unpaired) electrons. The molecule has 1 aromatic heterocycles. The van der Waals surface area contributed by atoms with Gasteiger partial charge in [0.05, 0.1) is 5.69 Å². The molecule has 5 N–H and O–H groups in total. The van der Waals surface area contributed by atoms with Crippen LogP contribution in [0.15, 0.2) is 28.7 Å². The first-order chi connectivity index (χ1) is 8.02. The molecule has 0 amide bonds. The first-order valence-corrected chi connectivity index (χ1v) is 5.44. The van der Waals surface area contributed by atoms with Crippen LogP contribution in [0.2, 0.25) is 0 Å². The molecule has 0 aliphatic carbocycles. The van der Waals surface area contributed by atoms with Crippen molar-refractivity contribution in [2.24, 2.45) is 0 Å². The van der Waals surface area contributed by atoms with Crippen LogP contribution >= 0.6 is 15.9 Å². The Balaban J connectivity index is 2.66. The van der Waals surface area contributed by atoms with Crippen molar-refractivity contribution >= 4 is 33.5 Å². The largest absolute Gasteiger partial charge is 0.477 e. The number of aromatic nitrogens is 2. The SMILES string of the molecule is Nc1nn(-c2ccccc2Br)c(N)c1C(=O)O. The standard InChI is InChI=1S/C10H9BrN4O2/c11-5-3-1-2-4-6(5)15-9(13)7(10(16)17)8(12)14-15/h1-4H,13H2,(H2,12,14)(H,16,17). The van der Waals surface area contributed by atoms with Crippen molar-refractivity contribution in [3.8, 4) is 5.69 Å². The van der Waals surface area contributed by atoms with Crippen LogP contribution in [0.4, 0.5) is 11.6 Å². The first kappa shape index (κ1) is 11.5. The zero-order valence-corrected chi connectivity index (χ0v) is 10.2. The molecule has 88 valence electrons. The average Bonchev–Trinajstić information content (AvgIpc) is 2.55. The molecule has 6 nitrogen and oxygen atoms in total. The third kappa shape index (κ3) is 1.84. The highest BCUT2D eigenvalue weighted by Crippen LogP contribution is 2.27. The second kappa shape index (κ2) is 4.10. The molecule has 1 aromatic carbocycles. The Morgan fingerprint density at radius 3 is 2.53 bits per heavy atom. The number of nitrogen functional groups attached to an aromatic ring is 2. The predicted molar refractivity (Wildman–Crippen MR) is 67.0 cm³/mol. The van der Waals surface area contributed by atoms with E-state index >= 15 is 0 Å². The fourth-order valence-corrected chi connectivity index (χ4v) is 1.93. The molecule has 0 saturated heterocycles. The van der Waals surface area contributed by atoms with E-state index in [9.17, 15) is 4.79 Å². The van der Waals surface area contributed by atoms with E-state index in [0.29, 0.717) is 5.69 Å². The van der Waals surface area contributed by atoms with Crippen molar-refractivity contribution in [3.05, 3.63) is 34.3 Å². The maximum absolute atomic E-state index is 10.9. The van der Waals surface area contributed by atoms with Crippen molar-refractivity contribution in [3.63, 3.8) is 0 Å². The average molecular weight is 297 g/mol. The molecule has 0 atom stereocenters. The van der Waals surface area contributed by atoms with E-state index in [1.54, 1.807) is 18.2 Å². The summed E-state index contributed by atoms with van der Waals surface area (Å²) in [5.41, 5.74) is 11.7. The Morgan fingerprint density at radius 2 is 2.00 bits per heavy atom. The highest BCUT2D eigenvalue weighted by Gasteiger charge is 2.21. The van der Waals surface area contributed by atoms with E-state index in [-0.39, 0.29) is 17.2 Å². The van der Waals surface area contributed by atoms with Crippen LogP contribution in [-0.4, -0.2) is 20.9 Å². The highest BCUT2D eigenvalue weighted by molar-refractivity contribution is 9.10. The topological polar surface area (TPSA) is 107 Å². The number of halogens is 1. The Morgan fingerprint density at radius 1 is 1.35 bits per heavy atom. The van der Waals surface area contributed by atoms with Gasteiger partial charge in [-0.05, 0) is 28.1 Å². The van der Waals surface area contributed by atoms with Gasteiger partial charge in [0.2, 0.25) is 0 Å². The summed E-state index contributed by atoms with van der Waals surface area (Å²) >= 11 is 3.33. The number of anilines is 2. The van der Waals surface area contributed by atoms with Gasteiger partial charge in [-0.15, -0.1) is 5.10 Å². The number of para-hydroxylation sites is 1. The monoisotopic (exact) mass is 296 g/mol. The normalized spacial score (nSPS) is 10.4. The fraction of sp³-hybridized carbons (Fsp3) is 0. The fourth-order valence-electron chi connectivity index (χ4n) is 1.47. The zero-order valence-electron chi connectivity index (χ0n) is 8.59. The van der Waals surface area contributed by atoms with Gasteiger partial charge in [-0.1, -0.05) is 12.1 Å². The van der Waals surface area contributed by atoms with Crippen LogP contribution in [0, 0.1) is 0 Å². The molecule has 0 unspecified atom stereocenters. The van der Waals surface area contributed by atoms with Crippen LogP contribution in [0.5, 0.6) is 0 Å². The summed E-state index contributed by atoms with van der Waals surface area (Å²) in [6.45, 7) is 0. The lowest BCUT2D eigenvalue weighted by molar-refractivity contribution is 0.0699. The molecule has 1 heterocycles. The summed E-state index contributed by atoms with van der Waals surface area (Å²) in [6, 6.07) is 7.16. The number of hydrogen-bond donors (Lipinski definition) is 3. The van der Waals surface area contributed by atoms with Crippen LogP contribution in [0.3, 0.4) is 0 Å². The van der Waals surface area contributed by atoms with Crippen molar-refractivity contribution in [2.45, 2.75) is 0 Å². The molecule has 0 spiro atoms. The maximum Gasteiger partial charge on any atom is 0.343 e. The molecule has 0 bridgehead atoms. The minimum absolute atomic E-state index is 0.00176. The number of rotatable bonds is 2. The van der Waals surface area contributed by atoms with E-state index < -0.39 is 5.97 Å². The van der Waals surface area contributed by atoms with Crippen LogP contribution in [-0.2, 0) is 0 Å². The summed E-state index contributed by atoms with van der Waals surface area (Å²) in [4.78, 5) is 10.9. The Hall–Kier alpha value is -2.02. The quantitative estimate of drug-likeness (QED) is 0.778. The highest BCUT2D eigenvalue weighted by atomic mass is 79.9. The lowest BCUT2D eigenvalue weighted by Crippen LogP contribution is -2.06. The number of benzene rings is 1.